The number of halogens is 2. The number of aliphatic imine (C=N–C) groups is 1. The molecule has 1 aromatic rings. The van der Waals surface area contributed by atoms with Crippen molar-refractivity contribution in [3.05, 3.63) is 34.1 Å². The quantitative estimate of drug-likeness (QED) is 0.648. The molecule has 1 amide bonds. The average molecular weight is 506 g/mol. The lowest BCUT2D eigenvalue weighted by Crippen LogP contribution is -2.58. The van der Waals surface area contributed by atoms with E-state index in [1.165, 1.54) is 6.07 Å². The molecule has 0 saturated carbocycles. The van der Waals surface area contributed by atoms with Gasteiger partial charge in [-0.1, -0.05) is 15.9 Å². The molecule has 1 aliphatic rings. The van der Waals surface area contributed by atoms with Gasteiger partial charge in [0.2, 0.25) is 0 Å². The largest absolute Gasteiger partial charge is 0.444 e. The van der Waals surface area contributed by atoms with E-state index >= 15 is 0 Å². The predicted molar refractivity (Wildman–Crippen MR) is 120 cm³/mol. The zero-order valence-electron chi connectivity index (χ0n) is 18.1. The van der Waals surface area contributed by atoms with Crippen LogP contribution in [-0.4, -0.2) is 50.5 Å². The topological polar surface area (TPSA) is 100 Å². The number of ether oxygens (including phenoxy) is 1. The van der Waals surface area contributed by atoms with Crippen molar-refractivity contribution < 1.29 is 23.2 Å². The minimum Gasteiger partial charge on any atom is -0.444 e. The number of alkyl carbamates (subject to hydrolysis) is 1. The molecule has 2 N–H and O–H groups in total. The van der Waals surface area contributed by atoms with Crippen molar-refractivity contribution in [1.82, 2.24) is 5.32 Å². The SMILES string of the molecule is CC(C)(C)OC(=O)NC1=NC(C)(c2cc(Br)ccc2F)C[S@@](=O)(=NCCO)C1(C)C. The average Bonchev–Trinajstić information content (AvgIpc) is 2.58. The Morgan fingerprint density at radius 2 is 2.03 bits per heavy atom. The van der Waals surface area contributed by atoms with E-state index in [1.807, 2.05) is 0 Å². The first kappa shape index (κ1) is 24.7. The lowest BCUT2D eigenvalue weighted by atomic mass is 9.93. The molecule has 0 bridgehead atoms. The lowest BCUT2D eigenvalue weighted by molar-refractivity contribution is 0.0560. The van der Waals surface area contributed by atoms with Gasteiger partial charge in [0, 0.05) is 10.0 Å². The molecule has 0 saturated heterocycles. The molecule has 1 unspecified atom stereocenters. The highest BCUT2D eigenvalue weighted by atomic mass is 79.9. The highest BCUT2D eigenvalue weighted by Crippen LogP contribution is 2.40. The molecule has 0 fully saturated rings. The maximum Gasteiger partial charge on any atom is 0.413 e. The van der Waals surface area contributed by atoms with Crippen molar-refractivity contribution in [1.29, 1.82) is 0 Å². The van der Waals surface area contributed by atoms with Crippen molar-refractivity contribution in [2.24, 2.45) is 9.36 Å². The van der Waals surface area contributed by atoms with Gasteiger partial charge in [-0.25, -0.2) is 17.8 Å². The molecular weight excluding hydrogens is 477 g/mol. The summed E-state index contributed by atoms with van der Waals surface area (Å²) in [5.41, 5.74) is -1.78. The summed E-state index contributed by atoms with van der Waals surface area (Å²) in [6.07, 6.45) is -0.753. The molecule has 1 aliphatic heterocycles. The van der Waals surface area contributed by atoms with E-state index in [9.17, 15) is 18.5 Å². The van der Waals surface area contributed by atoms with E-state index < -0.39 is 37.5 Å². The standard InChI is InChI=1S/C20H29BrFN3O4S/c1-18(2,3)29-17(27)24-16-19(4,5)30(28,23-9-10-26)12-20(6,25-16)14-11-13(21)7-8-15(14)22/h7-8,11,26H,9-10,12H2,1-6H3,(H,24,25,27)/t20?,30-/m0/s1. The molecule has 0 spiro atoms. The van der Waals surface area contributed by atoms with E-state index in [0.29, 0.717) is 4.47 Å². The van der Waals surface area contributed by atoms with Gasteiger partial charge in [-0.3, -0.25) is 10.3 Å². The third kappa shape index (κ3) is 5.20. The first-order chi connectivity index (χ1) is 13.6. The fourth-order valence-electron chi connectivity index (χ4n) is 3.15. The summed E-state index contributed by atoms with van der Waals surface area (Å²) in [6.45, 7) is 9.81. The Hall–Kier alpha value is -1.52. The fourth-order valence-corrected chi connectivity index (χ4v) is 6.04. The zero-order chi connectivity index (χ0) is 23.0. The van der Waals surface area contributed by atoms with Gasteiger partial charge in [0.25, 0.3) is 0 Å². The number of hydrogen-bond acceptors (Lipinski definition) is 6. The van der Waals surface area contributed by atoms with Gasteiger partial charge in [-0.05, 0) is 59.7 Å². The summed E-state index contributed by atoms with van der Waals surface area (Å²) in [5, 5.41) is 11.9. The van der Waals surface area contributed by atoms with Gasteiger partial charge in [0.15, 0.2) is 0 Å². The monoisotopic (exact) mass is 505 g/mol. The number of aliphatic hydroxyl groups is 1. The van der Waals surface area contributed by atoms with Gasteiger partial charge in [0.05, 0.1) is 28.6 Å². The van der Waals surface area contributed by atoms with Gasteiger partial charge in [-0.2, -0.15) is 0 Å². The number of amidine groups is 1. The number of nitrogens with one attached hydrogen (secondary N) is 1. The van der Waals surface area contributed by atoms with Crippen molar-refractivity contribution in [2.45, 2.75) is 57.4 Å². The van der Waals surface area contributed by atoms with Crippen LogP contribution in [-0.2, 0) is 20.0 Å². The first-order valence-electron chi connectivity index (χ1n) is 9.50. The zero-order valence-corrected chi connectivity index (χ0v) is 20.5. The number of aliphatic hydroxyl groups excluding tert-OH is 1. The van der Waals surface area contributed by atoms with Crippen LogP contribution < -0.4 is 5.32 Å². The molecule has 0 aromatic heterocycles. The number of hydrogen-bond donors (Lipinski definition) is 2. The maximum absolute atomic E-state index is 14.7. The van der Waals surface area contributed by atoms with Crippen LogP contribution in [0.3, 0.4) is 0 Å². The third-order valence-corrected chi connectivity index (χ3v) is 8.57. The van der Waals surface area contributed by atoms with E-state index in [-0.39, 0.29) is 30.3 Å². The van der Waals surface area contributed by atoms with Crippen LogP contribution in [0.25, 0.3) is 0 Å². The smallest absolute Gasteiger partial charge is 0.413 e. The van der Waals surface area contributed by atoms with Crippen molar-refractivity contribution >= 4 is 37.6 Å². The Balaban J connectivity index is 2.67. The van der Waals surface area contributed by atoms with Gasteiger partial charge >= 0.3 is 6.09 Å². The fraction of sp³-hybridized carbons (Fsp3) is 0.600. The van der Waals surface area contributed by atoms with Crippen LogP contribution in [0.15, 0.2) is 32.0 Å². The summed E-state index contributed by atoms with van der Waals surface area (Å²) in [7, 11) is -3.07. The van der Waals surface area contributed by atoms with E-state index in [1.54, 1.807) is 53.7 Å². The van der Waals surface area contributed by atoms with Crippen LogP contribution in [0.1, 0.15) is 47.1 Å². The molecule has 0 radical (unpaired) electrons. The van der Waals surface area contributed by atoms with E-state index in [4.69, 9.17) is 4.74 Å². The molecule has 1 aromatic carbocycles. The minimum atomic E-state index is -3.07. The number of nitrogens with zero attached hydrogens (tertiary/aromatic N) is 2. The summed E-state index contributed by atoms with van der Waals surface area (Å²) in [5.74, 6) is -0.485. The summed E-state index contributed by atoms with van der Waals surface area (Å²) in [4.78, 5) is 17.1. The molecule has 1 heterocycles. The Bertz CT molecular complexity index is 981. The van der Waals surface area contributed by atoms with Gasteiger partial charge in [-0.15, -0.1) is 0 Å². The number of amides is 1. The number of benzene rings is 1. The second-order valence-electron chi connectivity index (χ2n) is 8.86. The van der Waals surface area contributed by atoms with E-state index in [0.717, 1.165) is 0 Å². The highest BCUT2D eigenvalue weighted by Gasteiger charge is 2.49. The van der Waals surface area contributed by atoms with Crippen LogP contribution in [0.4, 0.5) is 9.18 Å². The second-order valence-corrected chi connectivity index (χ2v) is 12.6. The van der Waals surface area contributed by atoms with Crippen molar-refractivity contribution in [3.63, 3.8) is 0 Å². The molecule has 168 valence electrons. The minimum absolute atomic E-state index is 0.0426. The van der Waals surface area contributed by atoms with Crippen LogP contribution in [0, 0.1) is 5.82 Å². The number of carbonyl (C=O) groups is 1. The molecule has 2 rings (SSSR count). The number of rotatable bonds is 3. The van der Waals surface area contributed by atoms with Crippen LogP contribution in [0.5, 0.6) is 0 Å². The first-order valence-corrected chi connectivity index (χ1v) is 12.0. The molecule has 30 heavy (non-hydrogen) atoms. The van der Waals surface area contributed by atoms with Gasteiger partial charge < -0.3 is 9.84 Å². The van der Waals surface area contributed by atoms with Gasteiger partial charge in [0.1, 0.15) is 27.5 Å². The maximum atomic E-state index is 14.7. The normalized spacial score (nSPS) is 26.0. The van der Waals surface area contributed by atoms with Crippen LogP contribution >= 0.6 is 15.9 Å². The third-order valence-electron chi connectivity index (χ3n) is 4.73. The van der Waals surface area contributed by atoms with E-state index in [2.05, 4.69) is 30.6 Å². The number of carbonyl (C=O) groups excluding carboxylic acids is 1. The Labute approximate surface area is 185 Å². The second kappa shape index (κ2) is 8.55. The Morgan fingerprint density at radius 1 is 1.40 bits per heavy atom. The molecule has 10 heteroatoms. The Morgan fingerprint density at radius 3 is 2.60 bits per heavy atom. The summed E-state index contributed by atoms with van der Waals surface area (Å²) >= 11 is 3.34. The molecule has 2 atom stereocenters. The molecule has 0 aliphatic carbocycles. The Kier molecular flexibility index (Phi) is 7.05. The molecular formula is C20H29BrFN3O4S. The van der Waals surface area contributed by atoms with Crippen molar-refractivity contribution in [3.8, 4) is 0 Å². The summed E-state index contributed by atoms with van der Waals surface area (Å²) in [6, 6.07) is 4.44. The highest BCUT2D eigenvalue weighted by molar-refractivity contribution is 9.10. The van der Waals surface area contributed by atoms with Crippen LogP contribution in [0.2, 0.25) is 0 Å². The summed E-state index contributed by atoms with van der Waals surface area (Å²) < 4.78 is 37.8. The molecule has 7 nitrogen and oxygen atoms in total. The predicted octanol–water partition coefficient (Wildman–Crippen LogP) is 3.98. The lowest BCUT2D eigenvalue weighted by Gasteiger charge is -2.42. The van der Waals surface area contributed by atoms with Crippen molar-refractivity contribution in [2.75, 3.05) is 18.9 Å².